The number of ether oxygens (including phenoxy) is 1. The molecule has 21 heavy (non-hydrogen) atoms. The van der Waals surface area contributed by atoms with Gasteiger partial charge in [-0.15, -0.1) is 0 Å². The number of rotatable bonds is 6. The number of nitrogens with one attached hydrogen (secondary N) is 2. The molecule has 2 amide bonds. The van der Waals surface area contributed by atoms with Gasteiger partial charge in [-0.2, -0.15) is 0 Å². The summed E-state index contributed by atoms with van der Waals surface area (Å²) in [5.74, 6) is 0. The molecule has 1 saturated heterocycles. The predicted octanol–water partition coefficient (Wildman–Crippen LogP) is 2.12. The van der Waals surface area contributed by atoms with Gasteiger partial charge in [0, 0.05) is 39.0 Å². The van der Waals surface area contributed by atoms with Gasteiger partial charge in [-0.25, -0.2) is 4.79 Å². The monoisotopic (exact) mass is 291 g/mol. The fourth-order valence-electron chi connectivity index (χ4n) is 2.61. The second kappa shape index (κ2) is 8.52. The summed E-state index contributed by atoms with van der Waals surface area (Å²) in [6.07, 6.45) is 3.82. The van der Waals surface area contributed by atoms with Crippen LogP contribution in [-0.2, 0) is 11.3 Å². The number of carbonyl (C=O) groups excluding carboxylic acids is 1. The van der Waals surface area contributed by atoms with Gasteiger partial charge in [-0.1, -0.05) is 18.2 Å². The number of nitrogens with zero attached hydrogens (tertiary/aromatic N) is 1. The lowest BCUT2D eigenvalue weighted by atomic mass is 10.1. The van der Waals surface area contributed by atoms with Crippen molar-refractivity contribution >= 4 is 11.7 Å². The van der Waals surface area contributed by atoms with E-state index in [4.69, 9.17) is 4.74 Å². The fraction of sp³-hybridized carbons (Fsp3) is 0.562. The highest BCUT2D eigenvalue weighted by Crippen LogP contribution is 2.23. The van der Waals surface area contributed by atoms with Crippen LogP contribution < -0.4 is 15.5 Å². The molecular weight excluding hydrogens is 266 g/mol. The highest BCUT2D eigenvalue weighted by atomic mass is 16.5. The summed E-state index contributed by atoms with van der Waals surface area (Å²) in [7, 11) is 1.62. The van der Waals surface area contributed by atoms with Crippen LogP contribution in [0.3, 0.4) is 0 Å². The molecule has 1 aliphatic heterocycles. The van der Waals surface area contributed by atoms with Gasteiger partial charge in [-0.3, -0.25) is 0 Å². The third-order valence-electron chi connectivity index (χ3n) is 3.72. The van der Waals surface area contributed by atoms with Crippen molar-refractivity contribution in [1.82, 2.24) is 10.6 Å². The van der Waals surface area contributed by atoms with Crippen molar-refractivity contribution in [2.24, 2.45) is 0 Å². The summed E-state index contributed by atoms with van der Waals surface area (Å²) < 4.78 is 4.90. The van der Waals surface area contributed by atoms with Gasteiger partial charge >= 0.3 is 6.03 Å². The van der Waals surface area contributed by atoms with Crippen LogP contribution in [0.25, 0.3) is 0 Å². The largest absolute Gasteiger partial charge is 0.383 e. The number of carbonyl (C=O) groups is 1. The van der Waals surface area contributed by atoms with E-state index in [1.54, 1.807) is 7.11 Å². The number of anilines is 1. The molecule has 0 spiro atoms. The van der Waals surface area contributed by atoms with Crippen molar-refractivity contribution in [1.29, 1.82) is 0 Å². The molecule has 0 aliphatic carbocycles. The Labute approximate surface area is 126 Å². The summed E-state index contributed by atoms with van der Waals surface area (Å²) in [6.45, 7) is 3.81. The summed E-state index contributed by atoms with van der Waals surface area (Å²) in [5, 5.41) is 5.67. The highest BCUT2D eigenvalue weighted by Gasteiger charge is 2.14. The minimum atomic E-state index is -0.152. The molecule has 1 aromatic rings. The molecule has 2 rings (SSSR count). The minimum absolute atomic E-state index is 0.152. The van der Waals surface area contributed by atoms with E-state index in [2.05, 4.69) is 33.7 Å². The molecule has 0 unspecified atom stereocenters. The third-order valence-corrected chi connectivity index (χ3v) is 3.72. The zero-order valence-electron chi connectivity index (χ0n) is 12.7. The van der Waals surface area contributed by atoms with E-state index in [0.717, 1.165) is 13.1 Å². The Bertz CT molecular complexity index is 445. The Hall–Kier alpha value is -1.75. The zero-order chi connectivity index (χ0) is 14.9. The van der Waals surface area contributed by atoms with Crippen molar-refractivity contribution < 1.29 is 9.53 Å². The van der Waals surface area contributed by atoms with Crippen molar-refractivity contribution in [3.63, 3.8) is 0 Å². The van der Waals surface area contributed by atoms with Gasteiger partial charge in [-0.05, 0) is 30.9 Å². The number of hydrogen-bond donors (Lipinski definition) is 2. The van der Waals surface area contributed by atoms with Gasteiger partial charge in [0.05, 0.1) is 6.61 Å². The molecule has 0 radical (unpaired) electrons. The molecule has 0 atom stereocenters. The lowest BCUT2D eigenvalue weighted by molar-refractivity contribution is 0.196. The summed E-state index contributed by atoms with van der Waals surface area (Å²) in [5.41, 5.74) is 2.41. The molecule has 0 bridgehead atoms. The predicted molar refractivity (Wildman–Crippen MR) is 84.6 cm³/mol. The molecule has 5 nitrogen and oxygen atoms in total. The molecular formula is C16H25N3O2. The molecule has 2 N–H and O–H groups in total. The minimum Gasteiger partial charge on any atom is -0.383 e. The Kier molecular flexibility index (Phi) is 6.34. The molecule has 5 heteroatoms. The van der Waals surface area contributed by atoms with Crippen LogP contribution in [0.1, 0.15) is 24.8 Å². The number of amides is 2. The Morgan fingerprint density at radius 1 is 1.19 bits per heavy atom. The maximum absolute atomic E-state index is 11.7. The first-order valence-corrected chi connectivity index (χ1v) is 7.65. The van der Waals surface area contributed by atoms with Gasteiger partial charge < -0.3 is 20.3 Å². The first-order valence-electron chi connectivity index (χ1n) is 7.65. The average molecular weight is 291 g/mol. The molecule has 116 valence electrons. The number of hydrogen-bond acceptors (Lipinski definition) is 3. The SMILES string of the molecule is COCCNC(=O)NCc1ccccc1N1CCCCC1. The second-order valence-electron chi connectivity index (χ2n) is 5.28. The van der Waals surface area contributed by atoms with Crippen molar-refractivity contribution in [2.75, 3.05) is 38.3 Å². The highest BCUT2D eigenvalue weighted by molar-refractivity contribution is 5.74. The summed E-state index contributed by atoms with van der Waals surface area (Å²) in [4.78, 5) is 14.1. The number of para-hydroxylation sites is 1. The van der Waals surface area contributed by atoms with Gasteiger partial charge in [0.25, 0.3) is 0 Å². The van der Waals surface area contributed by atoms with E-state index < -0.39 is 0 Å². The van der Waals surface area contributed by atoms with E-state index in [1.807, 2.05) is 6.07 Å². The van der Waals surface area contributed by atoms with Crippen LogP contribution in [0.15, 0.2) is 24.3 Å². The van der Waals surface area contributed by atoms with Gasteiger partial charge in [0.2, 0.25) is 0 Å². The molecule has 1 aromatic carbocycles. The maximum Gasteiger partial charge on any atom is 0.315 e. The average Bonchev–Trinajstić information content (AvgIpc) is 2.54. The number of benzene rings is 1. The lowest BCUT2D eigenvalue weighted by Crippen LogP contribution is -2.37. The third kappa shape index (κ3) is 4.93. The fourth-order valence-corrected chi connectivity index (χ4v) is 2.61. The van der Waals surface area contributed by atoms with E-state index >= 15 is 0 Å². The van der Waals surface area contributed by atoms with Gasteiger partial charge in [0.15, 0.2) is 0 Å². The molecule has 0 saturated carbocycles. The molecule has 1 heterocycles. The smallest absolute Gasteiger partial charge is 0.315 e. The van der Waals surface area contributed by atoms with Crippen LogP contribution >= 0.6 is 0 Å². The van der Waals surface area contributed by atoms with Gasteiger partial charge in [0.1, 0.15) is 0 Å². The van der Waals surface area contributed by atoms with E-state index in [-0.39, 0.29) is 6.03 Å². The van der Waals surface area contributed by atoms with Crippen molar-refractivity contribution in [3.8, 4) is 0 Å². The molecule has 1 aliphatic rings. The standard InChI is InChI=1S/C16H25N3O2/c1-21-12-9-17-16(20)18-13-14-7-3-4-8-15(14)19-10-5-2-6-11-19/h3-4,7-8H,2,5-6,9-13H2,1H3,(H2,17,18,20). The Morgan fingerprint density at radius 3 is 2.71 bits per heavy atom. The Balaban J connectivity index is 1.89. The topological polar surface area (TPSA) is 53.6 Å². The first-order chi connectivity index (χ1) is 10.3. The second-order valence-corrected chi connectivity index (χ2v) is 5.28. The summed E-state index contributed by atoms with van der Waals surface area (Å²) in [6, 6.07) is 8.16. The number of methoxy groups -OCH3 is 1. The first kappa shape index (κ1) is 15.6. The molecule has 1 fully saturated rings. The Morgan fingerprint density at radius 2 is 1.95 bits per heavy atom. The quantitative estimate of drug-likeness (QED) is 0.789. The van der Waals surface area contributed by atoms with Crippen molar-refractivity contribution in [3.05, 3.63) is 29.8 Å². The zero-order valence-corrected chi connectivity index (χ0v) is 12.7. The molecule has 0 aromatic heterocycles. The van der Waals surface area contributed by atoms with Crippen molar-refractivity contribution in [2.45, 2.75) is 25.8 Å². The van der Waals surface area contributed by atoms with Crippen LogP contribution in [0.4, 0.5) is 10.5 Å². The maximum atomic E-state index is 11.7. The summed E-state index contributed by atoms with van der Waals surface area (Å²) >= 11 is 0. The lowest BCUT2D eigenvalue weighted by Gasteiger charge is -2.30. The normalized spacial score (nSPS) is 14.8. The van der Waals surface area contributed by atoms with E-state index in [9.17, 15) is 4.79 Å². The van der Waals surface area contributed by atoms with E-state index in [1.165, 1.54) is 30.5 Å². The van der Waals surface area contributed by atoms with Crippen LogP contribution in [0.2, 0.25) is 0 Å². The van der Waals surface area contributed by atoms with E-state index in [0.29, 0.717) is 19.7 Å². The number of piperidine rings is 1. The van der Waals surface area contributed by atoms with Crippen LogP contribution in [-0.4, -0.2) is 39.4 Å². The van der Waals surface area contributed by atoms with Crippen LogP contribution in [0.5, 0.6) is 0 Å². The van der Waals surface area contributed by atoms with Crippen LogP contribution in [0, 0.1) is 0 Å². The number of urea groups is 1.